The number of aromatic nitrogens is 1. The monoisotopic (exact) mass is 357 g/mol. The lowest BCUT2D eigenvalue weighted by Gasteiger charge is -2.35. The van der Waals surface area contributed by atoms with Gasteiger partial charge in [-0.15, -0.1) is 0 Å². The maximum atomic E-state index is 13.3. The van der Waals surface area contributed by atoms with E-state index in [-0.39, 0.29) is 6.04 Å². The van der Waals surface area contributed by atoms with Gasteiger partial charge in [0.05, 0.1) is 10.9 Å². The average Bonchev–Trinajstić information content (AvgIpc) is 2.68. The predicted octanol–water partition coefficient (Wildman–Crippen LogP) is 2.30. The maximum Gasteiger partial charge on any atom is 0.243 e. The smallest absolute Gasteiger partial charge is 0.243 e. The summed E-state index contributed by atoms with van der Waals surface area (Å²) >= 11 is 0. The summed E-state index contributed by atoms with van der Waals surface area (Å²) in [5, 5.41) is 3.30. The van der Waals surface area contributed by atoms with E-state index in [1.807, 2.05) is 24.3 Å². The Hall–Kier alpha value is -1.76. The zero-order valence-electron chi connectivity index (χ0n) is 14.2. The number of pyridine rings is 1. The zero-order chi connectivity index (χ0) is 17.3. The van der Waals surface area contributed by atoms with Gasteiger partial charge in [-0.25, -0.2) is 8.42 Å². The van der Waals surface area contributed by atoms with Crippen LogP contribution in [0.15, 0.2) is 47.6 Å². The molecule has 0 spiro atoms. The zero-order valence-corrected chi connectivity index (χ0v) is 15.0. The van der Waals surface area contributed by atoms with Crippen LogP contribution in [0.4, 0.5) is 0 Å². The summed E-state index contributed by atoms with van der Waals surface area (Å²) in [6.45, 7) is 1.75. The molecule has 1 atom stereocenters. The van der Waals surface area contributed by atoms with Crippen LogP contribution in [-0.2, 0) is 22.9 Å². The first-order chi connectivity index (χ1) is 12.2. The fraction of sp³-hybridized carbons (Fsp3) is 0.421. The highest BCUT2D eigenvalue weighted by atomic mass is 32.2. The summed E-state index contributed by atoms with van der Waals surface area (Å²) in [5.74, 6) is 0. The average molecular weight is 357 g/mol. The summed E-state index contributed by atoms with van der Waals surface area (Å²) in [4.78, 5) is 4.58. The van der Waals surface area contributed by atoms with Crippen LogP contribution in [0.3, 0.4) is 0 Å². The van der Waals surface area contributed by atoms with E-state index in [2.05, 4.69) is 10.3 Å². The van der Waals surface area contributed by atoms with E-state index in [1.54, 1.807) is 22.8 Å². The van der Waals surface area contributed by atoms with Crippen molar-refractivity contribution in [2.24, 2.45) is 0 Å². The fourth-order valence-corrected chi connectivity index (χ4v) is 5.50. The van der Waals surface area contributed by atoms with Crippen molar-refractivity contribution in [1.82, 2.24) is 14.6 Å². The number of hydrogen-bond acceptors (Lipinski definition) is 4. The molecule has 1 unspecified atom stereocenters. The highest BCUT2D eigenvalue weighted by Crippen LogP contribution is 2.31. The molecule has 4 rings (SSSR count). The molecular weight excluding hydrogens is 334 g/mol. The summed E-state index contributed by atoms with van der Waals surface area (Å²) in [5.41, 5.74) is 3.42. The van der Waals surface area contributed by atoms with Gasteiger partial charge in [0.15, 0.2) is 0 Å². The maximum absolute atomic E-state index is 13.3. The molecule has 0 amide bonds. The first-order valence-electron chi connectivity index (χ1n) is 8.90. The number of piperazine rings is 1. The molecule has 0 bridgehead atoms. The minimum absolute atomic E-state index is 0.219. The summed E-state index contributed by atoms with van der Waals surface area (Å²) in [6.07, 6.45) is 7.84. The van der Waals surface area contributed by atoms with E-state index >= 15 is 0 Å². The molecule has 1 N–H and O–H groups in total. The number of rotatable bonds is 3. The number of sulfonamides is 1. The van der Waals surface area contributed by atoms with Gasteiger partial charge >= 0.3 is 0 Å². The molecule has 2 aliphatic rings. The second kappa shape index (κ2) is 6.86. The van der Waals surface area contributed by atoms with Crippen molar-refractivity contribution in [3.8, 4) is 0 Å². The van der Waals surface area contributed by atoms with Crippen LogP contribution in [-0.4, -0.2) is 37.3 Å². The Bertz CT molecular complexity index is 852. The highest BCUT2D eigenvalue weighted by Gasteiger charge is 2.34. The van der Waals surface area contributed by atoms with Crippen molar-refractivity contribution >= 4 is 10.0 Å². The van der Waals surface area contributed by atoms with E-state index < -0.39 is 10.0 Å². The van der Waals surface area contributed by atoms with Gasteiger partial charge in [0.25, 0.3) is 0 Å². The molecule has 1 saturated heterocycles. The first-order valence-corrected chi connectivity index (χ1v) is 10.3. The van der Waals surface area contributed by atoms with Crippen molar-refractivity contribution in [3.05, 3.63) is 59.4 Å². The standard InChI is InChI=1S/C19H23N3O2S/c23-25(24,18-8-7-15-4-1-2-5-16(15)12-18)22-11-10-21-14-19(22)17-6-3-9-20-13-17/h3,6-9,12-13,19,21H,1-2,4-5,10-11,14H2. The van der Waals surface area contributed by atoms with Crippen LogP contribution in [0.5, 0.6) is 0 Å². The molecule has 0 radical (unpaired) electrons. The van der Waals surface area contributed by atoms with Gasteiger partial charge in [-0.3, -0.25) is 4.98 Å². The van der Waals surface area contributed by atoms with Gasteiger partial charge in [-0.2, -0.15) is 4.31 Å². The fourth-order valence-electron chi connectivity index (χ4n) is 3.84. The third kappa shape index (κ3) is 3.21. The number of aryl methyl sites for hydroxylation is 2. The van der Waals surface area contributed by atoms with Gasteiger partial charge in [-0.05, 0) is 60.6 Å². The van der Waals surface area contributed by atoms with Crippen LogP contribution in [0, 0.1) is 0 Å². The molecule has 2 aromatic rings. The topological polar surface area (TPSA) is 62.3 Å². The minimum Gasteiger partial charge on any atom is -0.313 e. The van der Waals surface area contributed by atoms with E-state index in [9.17, 15) is 8.42 Å². The van der Waals surface area contributed by atoms with E-state index in [0.717, 1.165) is 24.8 Å². The Labute approximate surface area is 149 Å². The molecule has 5 nitrogen and oxygen atoms in total. The molecule has 132 valence electrons. The number of hydrogen-bond donors (Lipinski definition) is 1. The van der Waals surface area contributed by atoms with Crippen LogP contribution in [0.2, 0.25) is 0 Å². The van der Waals surface area contributed by atoms with Crippen molar-refractivity contribution in [2.45, 2.75) is 36.6 Å². The molecule has 1 fully saturated rings. The van der Waals surface area contributed by atoms with Gasteiger partial charge in [-0.1, -0.05) is 12.1 Å². The van der Waals surface area contributed by atoms with Crippen LogP contribution in [0.1, 0.15) is 35.6 Å². The predicted molar refractivity (Wildman–Crippen MR) is 96.8 cm³/mol. The highest BCUT2D eigenvalue weighted by molar-refractivity contribution is 7.89. The van der Waals surface area contributed by atoms with E-state index in [4.69, 9.17) is 0 Å². The molecule has 1 aromatic carbocycles. The van der Waals surface area contributed by atoms with E-state index in [0.29, 0.717) is 24.5 Å². The quantitative estimate of drug-likeness (QED) is 0.916. The van der Waals surface area contributed by atoms with Gasteiger partial charge in [0, 0.05) is 32.0 Å². The molecule has 1 aliphatic carbocycles. The summed E-state index contributed by atoms with van der Waals surface area (Å²) < 4.78 is 28.3. The Balaban J connectivity index is 1.70. The van der Waals surface area contributed by atoms with E-state index in [1.165, 1.54) is 17.5 Å². The van der Waals surface area contributed by atoms with Gasteiger partial charge in [0.2, 0.25) is 10.0 Å². The molecule has 2 heterocycles. The molecule has 0 saturated carbocycles. The number of fused-ring (bicyclic) bond motifs is 1. The van der Waals surface area contributed by atoms with Crippen molar-refractivity contribution < 1.29 is 8.42 Å². The lowest BCUT2D eigenvalue weighted by molar-refractivity contribution is 0.271. The Kier molecular flexibility index (Phi) is 4.58. The minimum atomic E-state index is -3.53. The number of nitrogens with zero attached hydrogens (tertiary/aromatic N) is 2. The molecule has 25 heavy (non-hydrogen) atoms. The summed E-state index contributed by atoms with van der Waals surface area (Å²) in [7, 11) is -3.53. The molecular formula is C19H23N3O2S. The number of benzene rings is 1. The Morgan fingerprint density at radius 2 is 1.96 bits per heavy atom. The van der Waals surface area contributed by atoms with Gasteiger partial charge in [0.1, 0.15) is 0 Å². The SMILES string of the molecule is O=S(=O)(c1ccc2c(c1)CCCC2)N1CCNCC1c1cccnc1. The molecule has 1 aromatic heterocycles. The van der Waals surface area contributed by atoms with Crippen LogP contribution < -0.4 is 5.32 Å². The largest absolute Gasteiger partial charge is 0.313 e. The molecule has 1 aliphatic heterocycles. The normalized spacial score (nSPS) is 21.7. The Morgan fingerprint density at radius 3 is 2.76 bits per heavy atom. The van der Waals surface area contributed by atoms with Gasteiger partial charge < -0.3 is 5.32 Å². The lowest BCUT2D eigenvalue weighted by atomic mass is 9.92. The van der Waals surface area contributed by atoms with Crippen molar-refractivity contribution in [2.75, 3.05) is 19.6 Å². The van der Waals surface area contributed by atoms with Crippen molar-refractivity contribution in [3.63, 3.8) is 0 Å². The second-order valence-electron chi connectivity index (χ2n) is 6.76. The van der Waals surface area contributed by atoms with Crippen LogP contribution >= 0.6 is 0 Å². The van der Waals surface area contributed by atoms with Crippen molar-refractivity contribution in [1.29, 1.82) is 0 Å². The second-order valence-corrected chi connectivity index (χ2v) is 8.65. The molecule has 6 heteroatoms. The third-order valence-electron chi connectivity index (χ3n) is 5.19. The van der Waals surface area contributed by atoms with Crippen LogP contribution in [0.25, 0.3) is 0 Å². The Morgan fingerprint density at radius 1 is 1.12 bits per heavy atom. The third-order valence-corrected chi connectivity index (χ3v) is 7.09. The first kappa shape index (κ1) is 16.7. The summed E-state index contributed by atoms with van der Waals surface area (Å²) in [6, 6.07) is 9.26. The number of nitrogens with one attached hydrogen (secondary N) is 1. The lowest BCUT2D eigenvalue weighted by Crippen LogP contribution is -2.48.